The van der Waals surface area contributed by atoms with Gasteiger partial charge in [0.05, 0.1) is 7.11 Å². The Morgan fingerprint density at radius 2 is 2.22 bits per heavy atom. The van der Waals surface area contributed by atoms with Crippen molar-refractivity contribution in [2.24, 2.45) is 5.92 Å². The zero-order valence-corrected chi connectivity index (χ0v) is 10.7. The van der Waals surface area contributed by atoms with Crippen molar-refractivity contribution < 1.29 is 9.53 Å². The summed E-state index contributed by atoms with van der Waals surface area (Å²) in [5.74, 6) is 2.39. The van der Waals surface area contributed by atoms with Crippen LogP contribution in [0, 0.1) is 5.92 Å². The first-order valence-electron chi connectivity index (χ1n) is 6.64. The van der Waals surface area contributed by atoms with Gasteiger partial charge in [-0.15, -0.1) is 0 Å². The number of hydrogen-bond donors (Lipinski definition) is 0. The number of fused-ring (bicyclic) bond motifs is 1. The summed E-state index contributed by atoms with van der Waals surface area (Å²) in [7, 11) is 1.71. The number of methoxy groups -OCH3 is 1. The van der Waals surface area contributed by atoms with Crippen molar-refractivity contribution in [2.45, 2.75) is 31.6 Å². The lowest BCUT2D eigenvalue weighted by atomic mass is 9.77. The number of ketones is 1. The van der Waals surface area contributed by atoms with E-state index in [4.69, 9.17) is 4.74 Å². The smallest absolute Gasteiger partial charge is 0.133 e. The van der Waals surface area contributed by atoms with Crippen molar-refractivity contribution in [2.75, 3.05) is 7.11 Å². The molecule has 94 valence electrons. The van der Waals surface area contributed by atoms with Crippen LogP contribution < -0.4 is 4.74 Å². The van der Waals surface area contributed by atoms with Crippen LogP contribution in [0.15, 0.2) is 24.3 Å². The Morgan fingerprint density at radius 1 is 1.33 bits per heavy atom. The van der Waals surface area contributed by atoms with Crippen LogP contribution in [0.1, 0.15) is 42.7 Å². The molecule has 0 spiro atoms. The highest BCUT2D eigenvalue weighted by Crippen LogP contribution is 2.43. The van der Waals surface area contributed by atoms with Gasteiger partial charge in [-0.3, -0.25) is 4.79 Å². The standard InChI is InChI=1S/C16H18O2/c1-18-16-7-3-5-14-13(4-2-6-15(14)16)11-8-9-12(17)10-11/h2-3,5-7,11,13H,4,8-10H2,1H3. The van der Waals surface area contributed by atoms with Crippen LogP contribution in [-0.2, 0) is 4.79 Å². The van der Waals surface area contributed by atoms with E-state index in [0.717, 1.165) is 31.4 Å². The summed E-state index contributed by atoms with van der Waals surface area (Å²) in [6.45, 7) is 0. The maximum absolute atomic E-state index is 11.5. The molecule has 0 heterocycles. The van der Waals surface area contributed by atoms with Crippen LogP contribution in [0.2, 0.25) is 0 Å². The molecule has 0 aromatic heterocycles. The van der Waals surface area contributed by atoms with Gasteiger partial charge in [-0.25, -0.2) is 0 Å². The molecule has 0 bridgehead atoms. The summed E-state index contributed by atoms with van der Waals surface area (Å²) in [5, 5.41) is 0. The molecule has 2 aliphatic carbocycles. The van der Waals surface area contributed by atoms with Crippen molar-refractivity contribution in [3.63, 3.8) is 0 Å². The first-order valence-corrected chi connectivity index (χ1v) is 6.64. The third-order valence-electron chi connectivity index (χ3n) is 4.25. The predicted octanol–water partition coefficient (Wildman–Crippen LogP) is 3.56. The molecule has 1 aromatic rings. The average Bonchev–Trinajstić information content (AvgIpc) is 2.84. The number of benzene rings is 1. The van der Waals surface area contributed by atoms with E-state index >= 15 is 0 Å². The van der Waals surface area contributed by atoms with Gasteiger partial charge in [-0.1, -0.05) is 24.3 Å². The van der Waals surface area contributed by atoms with Gasteiger partial charge in [-0.05, 0) is 36.3 Å². The number of carbonyl (C=O) groups excluding carboxylic acids is 1. The van der Waals surface area contributed by atoms with E-state index in [1.807, 2.05) is 6.07 Å². The minimum absolute atomic E-state index is 0.430. The van der Waals surface area contributed by atoms with Gasteiger partial charge in [0.25, 0.3) is 0 Å². The minimum Gasteiger partial charge on any atom is -0.496 e. The van der Waals surface area contributed by atoms with Crippen molar-refractivity contribution in [1.82, 2.24) is 0 Å². The van der Waals surface area contributed by atoms with Gasteiger partial charge in [0.1, 0.15) is 11.5 Å². The van der Waals surface area contributed by atoms with E-state index in [0.29, 0.717) is 17.6 Å². The van der Waals surface area contributed by atoms with Gasteiger partial charge >= 0.3 is 0 Å². The highest BCUT2D eigenvalue weighted by Gasteiger charge is 2.32. The number of allylic oxidation sites excluding steroid dienone is 1. The Labute approximate surface area is 108 Å². The second-order valence-electron chi connectivity index (χ2n) is 5.25. The molecule has 18 heavy (non-hydrogen) atoms. The molecule has 2 aliphatic rings. The van der Waals surface area contributed by atoms with Gasteiger partial charge in [0.2, 0.25) is 0 Å². The fraction of sp³-hybridized carbons (Fsp3) is 0.438. The predicted molar refractivity (Wildman–Crippen MR) is 71.7 cm³/mol. The molecular formula is C16H18O2. The largest absolute Gasteiger partial charge is 0.496 e. The third-order valence-corrected chi connectivity index (χ3v) is 4.25. The van der Waals surface area contributed by atoms with Gasteiger partial charge < -0.3 is 4.74 Å². The van der Waals surface area contributed by atoms with Gasteiger partial charge in [0.15, 0.2) is 0 Å². The topological polar surface area (TPSA) is 26.3 Å². The van der Waals surface area contributed by atoms with Gasteiger partial charge in [-0.2, -0.15) is 0 Å². The molecular weight excluding hydrogens is 224 g/mol. The van der Waals surface area contributed by atoms with E-state index < -0.39 is 0 Å². The van der Waals surface area contributed by atoms with Gasteiger partial charge in [0, 0.05) is 18.4 Å². The summed E-state index contributed by atoms with van der Waals surface area (Å²) in [4.78, 5) is 11.5. The zero-order valence-electron chi connectivity index (χ0n) is 10.7. The first kappa shape index (κ1) is 11.5. The Bertz CT molecular complexity index is 502. The molecule has 2 nitrogen and oxygen atoms in total. The zero-order chi connectivity index (χ0) is 12.5. The lowest BCUT2D eigenvalue weighted by molar-refractivity contribution is -0.117. The molecule has 3 rings (SSSR count). The highest BCUT2D eigenvalue weighted by atomic mass is 16.5. The fourth-order valence-electron chi connectivity index (χ4n) is 3.33. The number of ether oxygens (including phenoxy) is 1. The highest BCUT2D eigenvalue weighted by molar-refractivity contribution is 5.81. The second kappa shape index (κ2) is 4.60. The monoisotopic (exact) mass is 242 g/mol. The lowest BCUT2D eigenvalue weighted by Crippen LogP contribution is -2.14. The van der Waals surface area contributed by atoms with Crippen LogP contribution >= 0.6 is 0 Å². The normalized spacial score (nSPS) is 26.2. The van der Waals surface area contributed by atoms with Crippen molar-refractivity contribution in [3.05, 3.63) is 35.4 Å². The number of carbonyl (C=O) groups is 1. The number of rotatable bonds is 2. The van der Waals surface area contributed by atoms with E-state index in [9.17, 15) is 4.79 Å². The molecule has 2 unspecified atom stereocenters. The molecule has 0 aliphatic heterocycles. The molecule has 0 N–H and O–H groups in total. The van der Waals surface area contributed by atoms with E-state index in [-0.39, 0.29) is 0 Å². The summed E-state index contributed by atoms with van der Waals surface area (Å²) in [6.07, 6.45) is 8.01. The number of Topliss-reactive ketones (excluding diaryl/α,β-unsaturated/α-hetero) is 1. The molecule has 2 atom stereocenters. The van der Waals surface area contributed by atoms with E-state index in [2.05, 4.69) is 24.3 Å². The second-order valence-corrected chi connectivity index (χ2v) is 5.25. The molecule has 2 heteroatoms. The Hall–Kier alpha value is -1.57. The fourth-order valence-corrected chi connectivity index (χ4v) is 3.33. The lowest BCUT2D eigenvalue weighted by Gasteiger charge is -2.27. The van der Waals surface area contributed by atoms with E-state index in [1.165, 1.54) is 11.1 Å². The Kier molecular flexibility index (Phi) is 2.94. The summed E-state index contributed by atoms with van der Waals surface area (Å²) in [6, 6.07) is 6.25. The van der Waals surface area contributed by atoms with Crippen LogP contribution in [0.4, 0.5) is 0 Å². The maximum Gasteiger partial charge on any atom is 0.133 e. The molecule has 0 saturated heterocycles. The molecule has 1 fully saturated rings. The van der Waals surface area contributed by atoms with Crippen LogP contribution in [0.3, 0.4) is 0 Å². The van der Waals surface area contributed by atoms with Crippen molar-refractivity contribution in [3.8, 4) is 5.75 Å². The Balaban J connectivity index is 1.97. The first-order chi connectivity index (χ1) is 8.79. The van der Waals surface area contributed by atoms with Crippen LogP contribution in [0.5, 0.6) is 5.75 Å². The summed E-state index contributed by atoms with van der Waals surface area (Å²) in [5.41, 5.74) is 2.56. The molecule has 1 aromatic carbocycles. The summed E-state index contributed by atoms with van der Waals surface area (Å²) >= 11 is 0. The SMILES string of the molecule is COc1cccc2c1C=CCC2C1CCC(=O)C1. The third kappa shape index (κ3) is 1.86. The van der Waals surface area contributed by atoms with Crippen LogP contribution in [0.25, 0.3) is 6.08 Å². The van der Waals surface area contributed by atoms with Crippen LogP contribution in [-0.4, -0.2) is 12.9 Å². The molecule has 0 amide bonds. The Morgan fingerprint density at radius 3 is 2.94 bits per heavy atom. The molecule has 1 saturated carbocycles. The summed E-state index contributed by atoms with van der Waals surface area (Å²) < 4.78 is 5.43. The minimum atomic E-state index is 0.430. The van der Waals surface area contributed by atoms with Crippen molar-refractivity contribution >= 4 is 11.9 Å². The van der Waals surface area contributed by atoms with E-state index in [1.54, 1.807) is 7.11 Å². The average molecular weight is 242 g/mol. The molecule has 0 radical (unpaired) electrons. The van der Waals surface area contributed by atoms with Crippen molar-refractivity contribution in [1.29, 1.82) is 0 Å². The quantitative estimate of drug-likeness (QED) is 0.792. The number of hydrogen-bond acceptors (Lipinski definition) is 2. The maximum atomic E-state index is 11.5.